The number of hydrogen-bond donors (Lipinski definition) is 1. The quantitative estimate of drug-likeness (QED) is 0.372. The molecule has 5 rings (SSSR count). The van der Waals surface area contributed by atoms with E-state index in [1.165, 1.54) is 0 Å². The van der Waals surface area contributed by atoms with Crippen LogP contribution < -0.4 is 4.90 Å². The number of unbranched alkanes of at least 4 members (excludes halogenated alkanes) is 1. The lowest BCUT2D eigenvalue weighted by Gasteiger charge is -2.38. The highest BCUT2D eigenvalue weighted by molar-refractivity contribution is 6.30. The minimum Gasteiger partial charge on any atom is -0.385 e. The molecule has 0 unspecified atom stereocenters. The Morgan fingerprint density at radius 2 is 1.54 bits per heavy atom. The summed E-state index contributed by atoms with van der Waals surface area (Å²) in [7, 11) is 0. The Hall–Kier alpha value is -2.92. The van der Waals surface area contributed by atoms with Crippen molar-refractivity contribution in [3.05, 3.63) is 106 Å². The van der Waals surface area contributed by atoms with Gasteiger partial charge >= 0.3 is 0 Å². The van der Waals surface area contributed by atoms with Crippen LogP contribution in [0.25, 0.3) is 5.57 Å². The fraction of sp³-hybridized carbons (Fsp3) is 0.344. The van der Waals surface area contributed by atoms with Gasteiger partial charge in [0, 0.05) is 42.3 Å². The lowest BCUT2D eigenvalue weighted by Crippen LogP contribution is -2.42. The number of amides is 1. The monoisotopic (exact) mass is 514 g/mol. The second kappa shape index (κ2) is 11.2. The number of para-hydroxylation sites is 1. The van der Waals surface area contributed by atoms with Gasteiger partial charge in [0.15, 0.2) is 0 Å². The molecule has 0 bridgehead atoms. The van der Waals surface area contributed by atoms with Crippen LogP contribution in [0.2, 0.25) is 5.02 Å². The van der Waals surface area contributed by atoms with Crippen LogP contribution in [0, 0.1) is 0 Å². The summed E-state index contributed by atoms with van der Waals surface area (Å²) >= 11 is 6.04. The van der Waals surface area contributed by atoms with E-state index < -0.39 is 5.60 Å². The fourth-order valence-corrected chi connectivity index (χ4v) is 5.71. The van der Waals surface area contributed by atoms with Crippen molar-refractivity contribution in [2.75, 3.05) is 31.1 Å². The van der Waals surface area contributed by atoms with Crippen molar-refractivity contribution in [2.24, 2.45) is 0 Å². The van der Waals surface area contributed by atoms with Crippen molar-refractivity contribution in [1.29, 1.82) is 0 Å². The van der Waals surface area contributed by atoms with Gasteiger partial charge in [-0.05, 0) is 66.6 Å². The molecule has 5 heteroatoms. The number of hydrogen-bond acceptors (Lipinski definition) is 3. The second-order valence-corrected chi connectivity index (χ2v) is 10.6. The third-order valence-corrected chi connectivity index (χ3v) is 8.02. The molecule has 2 heterocycles. The highest BCUT2D eigenvalue weighted by Crippen LogP contribution is 2.39. The van der Waals surface area contributed by atoms with E-state index >= 15 is 0 Å². The molecule has 0 atom stereocenters. The first-order valence-corrected chi connectivity index (χ1v) is 13.8. The van der Waals surface area contributed by atoms with Crippen molar-refractivity contribution in [3.63, 3.8) is 0 Å². The average Bonchev–Trinajstić information content (AvgIpc) is 3.02. The molecule has 0 aliphatic carbocycles. The van der Waals surface area contributed by atoms with Gasteiger partial charge in [0.2, 0.25) is 0 Å². The van der Waals surface area contributed by atoms with Gasteiger partial charge in [0.25, 0.3) is 5.91 Å². The summed E-state index contributed by atoms with van der Waals surface area (Å²) < 4.78 is 0. The summed E-state index contributed by atoms with van der Waals surface area (Å²) in [6.45, 7) is 5.48. The van der Waals surface area contributed by atoms with Gasteiger partial charge in [-0.15, -0.1) is 0 Å². The molecular weight excluding hydrogens is 480 g/mol. The zero-order chi connectivity index (χ0) is 25.8. The van der Waals surface area contributed by atoms with Gasteiger partial charge in [0.05, 0.1) is 11.3 Å². The summed E-state index contributed by atoms with van der Waals surface area (Å²) in [5.41, 5.74) is 5.18. The zero-order valence-electron chi connectivity index (χ0n) is 21.5. The SMILES string of the molecule is CCCCN1C(=O)c2ccccc2C(=CCCN2CCC(O)(c3ccc(Cl)cc3)CC2)c2ccccc21. The number of piperidine rings is 1. The Balaban J connectivity index is 1.35. The lowest BCUT2D eigenvalue weighted by atomic mass is 9.84. The van der Waals surface area contributed by atoms with E-state index in [-0.39, 0.29) is 5.91 Å². The number of anilines is 1. The van der Waals surface area contributed by atoms with Crippen LogP contribution in [0.3, 0.4) is 0 Å². The van der Waals surface area contributed by atoms with Gasteiger partial charge in [-0.3, -0.25) is 4.79 Å². The van der Waals surface area contributed by atoms with Crippen molar-refractivity contribution < 1.29 is 9.90 Å². The van der Waals surface area contributed by atoms with E-state index in [1.54, 1.807) is 0 Å². The molecule has 0 aromatic heterocycles. The maximum atomic E-state index is 13.6. The first kappa shape index (κ1) is 25.7. The van der Waals surface area contributed by atoms with E-state index in [4.69, 9.17) is 11.6 Å². The van der Waals surface area contributed by atoms with Crippen LogP contribution in [0.4, 0.5) is 5.69 Å². The fourth-order valence-electron chi connectivity index (χ4n) is 5.59. The molecule has 1 fully saturated rings. The standard InChI is InChI=1S/C32H35ClN2O2/c1-2-3-21-35-30-13-7-6-10-28(30)26(27-9-4-5-11-29(27)31(35)36)12-8-20-34-22-18-32(37,19-23-34)24-14-16-25(33)17-15-24/h4-7,9-17,37H,2-3,8,18-23H2,1H3. The third-order valence-electron chi connectivity index (χ3n) is 7.77. The van der Waals surface area contributed by atoms with Crippen LogP contribution in [0.1, 0.15) is 66.1 Å². The summed E-state index contributed by atoms with van der Waals surface area (Å²) in [6, 6.07) is 23.9. The molecule has 37 heavy (non-hydrogen) atoms. The molecule has 0 radical (unpaired) electrons. The minimum absolute atomic E-state index is 0.0809. The number of nitrogens with zero attached hydrogens (tertiary/aromatic N) is 2. The summed E-state index contributed by atoms with van der Waals surface area (Å²) in [6.07, 6.45) is 6.60. The second-order valence-electron chi connectivity index (χ2n) is 10.2. The van der Waals surface area contributed by atoms with Gasteiger partial charge in [-0.25, -0.2) is 0 Å². The van der Waals surface area contributed by atoms with Crippen LogP contribution in [-0.4, -0.2) is 42.1 Å². The van der Waals surface area contributed by atoms with Crippen molar-refractivity contribution >= 4 is 28.8 Å². The molecule has 1 amide bonds. The number of benzene rings is 3. The number of carbonyl (C=O) groups is 1. The first-order valence-electron chi connectivity index (χ1n) is 13.4. The summed E-state index contributed by atoms with van der Waals surface area (Å²) in [5.74, 6) is 0.0809. The number of fused-ring (bicyclic) bond motifs is 2. The van der Waals surface area contributed by atoms with E-state index in [1.807, 2.05) is 53.4 Å². The number of halogens is 1. The van der Waals surface area contributed by atoms with Gasteiger partial charge in [-0.1, -0.05) is 79.6 Å². The number of carbonyl (C=O) groups excluding carboxylic acids is 1. The molecule has 0 spiro atoms. The zero-order valence-corrected chi connectivity index (χ0v) is 22.3. The highest BCUT2D eigenvalue weighted by Gasteiger charge is 2.34. The smallest absolute Gasteiger partial charge is 0.258 e. The largest absolute Gasteiger partial charge is 0.385 e. The van der Waals surface area contributed by atoms with E-state index in [2.05, 4.69) is 42.2 Å². The molecule has 1 saturated heterocycles. The lowest BCUT2D eigenvalue weighted by molar-refractivity contribution is -0.0254. The molecule has 3 aromatic carbocycles. The maximum absolute atomic E-state index is 13.6. The number of likely N-dealkylation sites (tertiary alicyclic amines) is 1. The molecular formula is C32H35ClN2O2. The molecule has 2 aliphatic rings. The molecule has 0 saturated carbocycles. The van der Waals surface area contributed by atoms with E-state index in [9.17, 15) is 9.90 Å². The van der Waals surface area contributed by atoms with Crippen molar-refractivity contribution in [3.8, 4) is 0 Å². The average molecular weight is 515 g/mol. The summed E-state index contributed by atoms with van der Waals surface area (Å²) in [5, 5.41) is 11.9. The molecule has 3 aromatic rings. The van der Waals surface area contributed by atoms with Crippen LogP contribution >= 0.6 is 11.6 Å². The van der Waals surface area contributed by atoms with Crippen molar-refractivity contribution in [1.82, 2.24) is 4.90 Å². The predicted octanol–water partition coefficient (Wildman–Crippen LogP) is 6.91. The van der Waals surface area contributed by atoms with Gasteiger partial charge in [0.1, 0.15) is 0 Å². The van der Waals surface area contributed by atoms with Crippen LogP contribution in [0.5, 0.6) is 0 Å². The normalized spacial score (nSPS) is 18.4. The third kappa shape index (κ3) is 5.38. The van der Waals surface area contributed by atoms with Crippen molar-refractivity contribution in [2.45, 2.75) is 44.6 Å². The predicted molar refractivity (Wildman–Crippen MR) is 152 cm³/mol. The summed E-state index contributed by atoms with van der Waals surface area (Å²) in [4.78, 5) is 18.0. The topological polar surface area (TPSA) is 43.8 Å². The molecule has 2 aliphatic heterocycles. The minimum atomic E-state index is -0.791. The highest BCUT2D eigenvalue weighted by atomic mass is 35.5. The first-order chi connectivity index (χ1) is 18.0. The van der Waals surface area contributed by atoms with Crippen LogP contribution in [-0.2, 0) is 5.60 Å². The Morgan fingerprint density at radius 3 is 2.24 bits per heavy atom. The Morgan fingerprint density at radius 1 is 0.892 bits per heavy atom. The number of aliphatic hydroxyl groups is 1. The van der Waals surface area contributed by atoms with E-state index in [0.29, 0.717) is 17.9 Å². The Labute approximate surface area is 225 Å². The molecule has 192 valence electrons. The molecule has 4 nitrogen and oxygen atoms in total. The van der Waals surface area contributed by atoms with Crippen LogP contribution in [0.15, 0.2) is 78.9 Å². The van der Waals surface area contributed by atoms with Gasteiger partial charge < -0.3 is 14.9 Å². The Bertz CT molecular complexity index is 1280. The number of rotatable bonds is 7. The Kier molecular flexibility index (Phi) is 7.80. The van der Waals surface area contributed by atoms with Gasteiger partial charge in [-0.2, -0.15) is 0 Å². The van der Waals surface area contributed by atoms with E-state index in [0.717, 1.165) is 79.0 Å². The molecule has 1 N–H and O–H groups in total. The maximum Gasteiger partial charge on any atom is 0.258 e.